The van der Waals surface area contributed by atoms with Gasteiger partial charge in [0.1, 0.15) is 38.9 Å². The van der Waals surface area contributed by atoms with E-state index in [1.165, 1.54) is 22.3 Å². The normalized spacial score (nSPS) is 14.3. The molecule has 1 aliphatic rings. The Labute approximate surface area is 170 Å². The van der Waals surface area contributed by atoms with Crippen LogP contribution < -0.4 is 14.4 Å². The summed E-state index contributed by atoms with van der Waals surface area (Å²) >= 11 is 1.48. The molecular weight excluding hydrogens is 400 g/mol. The molecule has 29 heavy (non-hydrogen) atoms. The number of benzene rings is 2. The predicted molar refractivity (Wildman–Crippen MR) is 107 cm³/mol. The van der Waals surface area contributed by atoms with Crippen molar-refractivity contribution in [2.45, 2.75) is 0 Å². The molecule has 0 aliphatic carbocycles. The Morgan fingerprint density at radius 2 is 1.62 bits per heavy atom. The van der Waals surface area contributed by atoms with Crippen molar-refractivity contribution in [2.24, 2.45) is 0 Å². The number of ether oxygens (including phenoxy) is 2. The molecule has 0 bridgehead atoms. The number of carbonyl (C=O) groups is 1. The number of halogens is 2. The van der Waals surface area contributed by atoms with Gasteiger partial charge in [0.25, 0.3) is 5.91 Å². The molecule has 0 atom stereocenters. The van der Waals surface area contributed by atoms with Gasteiger partial charge in [-0.2, -0.15) is 0 Å². The topological polar surface area (TPSA) is 54.9 Å². The Balaban J connectivity index is 1.53. The smallest absolute Gasteiger partial charge is 0.259 e. The minimum Gasteiger partial charge on any atom is -0.495 e. The van der Waals surface area contributed by atoms with Gasteiger partial charge >= 0.3 is 0 Å². The summed E-state index contributed by atoms with van der Waals surface area (Å²) < 4.78 is 39.6. The summed E-state index contributed by atoms with van der Waals surface area (Å²) in [5.41, 5.74) is 0.217. The number of methoxy groups -OCH3 is 2. The third-order valence-electron chi connectivity index (χ3n) is 4.91. The van der Waals surface area contributed by atoms with Crippen molar-refractivity contribution >= 4 is 32.6 Å². The molecule has 0 spiro atoms. The number of carbonyl (C=O) groups excluding carboxylic acids is 1. The van der Waals surface area contributed by atoms with E-state index in [0.29, 0.717) is 37.7 Å². The number of nitrogens with zero attached hydrogens (tertiary/aromatic N) is 3. The van der Waals surface area contributed by atoms with Gasteiger partial charge < -0.3 is 19.3 Å². The SMILES string of the molecule is COc1ccc(OC)c2sc(N3CCN(C(=O)c4c(F)cccc4F)CC3)nc12. The number of hydrogen-bond acceptors (Lipinski definition) is 6. The van der Waals surface area contributed by atoms with Crippen LogP contribution in [0.2, 0.25) is 0 Å². The zero-order valence-electron chi connectivity index (χ0n) is 15.9. The molecule has 0 saturated carbocycles. The fourth-order valence-corrected chi connectivity index (χ4v) is 4.50. The zero-order chi connectivity index (χ0) is 20.5. The van der Waals surface area contributed by atoms with Crippen LogP contribution in [0.15, 0.2) is 30.3 Å². The van der Waals surface area contributed by atoms with E-state index in [0.717, 1.165) is 27.5 Å². The lowest BCUT2D eigenvalue weighted by atomic mass is 10.1. The Kier molecular flexibility index (Phi) is 5.23. The van der Waals surface area contributed by atoms with Gasteiger partial charge in [0, 0.05) is 26.2 Å². The predicted octanol–water partition coefficient (Wildman–Crippen LogP) is 3.55. The van der Waals surface area contributed by atoms with Crippen molar-refractivity contribution in [3.63, 3.8) is 0 Å². The van der Waals surface area contributed by atoms with Crippen molar-refractivity contribution in [1.29, 1.82) is 0 Å². The largest absolute Gasteiger partial charge is 0.495 e. The lowest BCUT2D eigenvalue weighted by molar-refractivity contribution is 0.0737. The summed E-state index contributed by atoms with van der Waals surface area (Å²) in [6.07, 6.45) is 0. The monoisotopic (exact) mass is 419 g/mol. The zero-order valence-corrected chi connectivity index (χ0v) is 16.8. The molecule has 0 unspecified atom stereocenters. The quantitative estimate of drug-likeness (QED) is 0.647. The molecule has 0 radical (unpaired) electrons. The highest BCUT2D eigenvalue weighted by molar-refractivity contribution is 7.22. The molecule has 9 heteroatoms. The first-order valence-electron chi connectivity index (χ1n) is 9.03. The van der Waals surface area contributed by atoms with E-state index >= 15 is 0 Å². The van der Waals surface area contributed by atoms with Crippen molar-refractivity contribution in [1.82, 2.24) is 9.88 Å². The molecule has 1 fully saturated rings. The average molecular weight is 419 g/mol. The van der Waals surface area contributed by atoms with Crippen LogP contribution in [0, 0.1) is 11.6 Å². The fraction of sp³-hybridized carbons (Fsp3) is 0.300. The highest BCUT2D eigenvalue weighted by Gasteiger charge is 2.28. The van der Waals surface area contributed by atoms with Crippen molar-refractivity contribution in [3.8, 4) is 11.5 Å². The molecule has 1 aromatic heterocycles. The molecule has 1 amide bonds. The van der Waals surface area contributed by atoms with Crippen LogP contribution in [0.3, 0.4) is 0 Å². The van der Waals surface area contributed by atoms with Crippen molar-refractivity contribution in [3.05, 3.63) is 47.5 Å². The van der Waals surface area contributed by atoms with Gasteiger partial charge in [-0.3, -0.25) is 4.79 Å². The van der Waals surface area contributed by atoms with Crippen molar-refractivity contribution < 1.29 is 23.0 Å². The third kappa shape index (κ3) is 3.46. The first-order chi connectivity index (χ1) is 14.0. The van der Waals surface area contributed by atoms with E-state index in [1.807, 2.05) is 17.0 Å². The van der Waals surface area contributed by atoms with Crippen LogP contribution in [0.1, 0.15) is 10.4 Å². The molecule has 2 aromatic carbocycles. The summed E-state index contributed by atoms with van der Waals surface area (Å²) in [4.78, 5) is 20.8. The Morgan fingerprint density at radius 1 is 1.00 bits per heavy atom. The maximum absolute atomic E-state index is 13.9. The van der Waals surface area contributed by atoms with E-state index in [2.05, 4.69) is 4.98 Å². The standard InChI is InChI=1S/C20H19F2N3O3S/c1-27-14-6-7-15(28-2)18-17(14)23-20(29-18)25-10-8-24(9-11-25)19(26)16-12(21)4-3-5-13(16)22/h3-7H,8-11H2,1-2H3. The Hall–Kier alpha value is -2.94. The number of fused-ring (bicyclic) bond motifs is 1. The molecule has 152 valence electrons. The van der Waals surface area contributed by atoms with Crippen LogP contribution >= 0.6 is 11.3 Å². The van der Waals surface area contributed by atoms with E-state index in [9.17, 15) is 13.6 Å². The summed E-state index contributed by atoms with van der Waals surface area (Å²) in [7, 11) is 3.19. The number of anilines is 1. The summed E-state index contributed by atoms with van der Waals surface area (Å²) in [6.45, 7) is 1.70. The van der Waals surface area contributed by atoms with Gasteiger partial charge in [0.2, 0.25) is 0 Å². The molecule has 6 nitrogen and oxygen atoms in total. The van der Waals surface area contributed by atoms with E-state index < -0.39 is 23.1 Å². The molecule has 4 rings (SSSR count). The molecule has 2 heterocycles. The van der Waals surface area contributed by atoms with Crippen LogP contribution in [0.25, 0.3) is 10.2 Å². The van der Waals surface area contributed by atoms with Gasteiger partial charge in [-0.15, -0.1) is 0 Å². The summed E-state index contributed by atoms with van der Waals surface area (Å²) in [5, 5.41) is 0.784. The van der Waals surface area contributed by atoms with Gasteiger partial charge in [0.15, 0.2) is 5.13 Å². The number of aromatic nitrogens is 1. The van der Waals surface area contributed by atoms with E-state index in [4.69, 9.17) is 9.47 Å². The maximum Gasteiger partial charge on any atom is 0.259 e. The first kappa shape index (κ1) is 19.4. The molecule has 1 saturated heterocycles. The number of rotatable bonds is 4. The second-order valence-electron chi connectivity index (χ2n) is 6.52. The van der Waals surface area contributed by atoms with Gasteiger partial charge in [-0.1, -0.05) is 17.4 Å². The van der Waals surface area contributed by atoms with Gasteiger partial charge in [0.05, 0.1) is 14.2 Å². The molecular formula is C20H19F2N3O3S. The highest BCUT2D eigenvalue weighted by Crippen LogP contribution is 2.40. The minimum absolute atomic E-state index is 0.344. The number of hydrogen-bond donors (Lipinski definition) is 0. The summed E-state index contributed by atoms with van der Waals surface area (Å²) in [6, 6.07) is 7.07. The third-order valence-corrected chi connectivity index (χ3v) is 6.04. The van der Waals surface area contributed by atoms with Crippen LogP contribution in [-0.2, 0) is 0 Å². The van der Waals surface area contributed by atoms with E-state index in [1.54, 1.807) is 14.2 Å². The molecule has 3 aromatic rings. The lowest BCUT2D eigenvalue weighted by Crippen LogP contribution is -2.49. The van der Waals surface area contributed by atoms with Gasteiger partial charge in [-0.05, 0) is 24.3 Å². The number of thiazole rings is 1. The fourth-order valence-electron chi connectivity index (χ4n) is 3.37. The Bertz CT molecular complexity index is 1000. The maximum atomic E-state index is 13.9. The second kappa shape index (κ2) is 7.82. The lowest BCUT2D eigenvalue weighted by Gasteiger charge is -2.34. The Morgan fingerprint density at radius 3 is 2.24 bits per heavy atom. The second-order valence-corrected chi connectivity index (χ2v) is 7.50. The summed E-state index contributed by atoms with van der Waals surface area (Å²) in [5.74, 6) is -0.945. The number of piperazine rings is 1. The first-order valence-corrected chi connectivity index (χ1v) is 9.85. The van der Waals surface area contributed by atoms with Crippen LogP contribution in [0.4, 0.5) is 13.9 Å². The van der Waals surface area contributed by atoms with Crippen molar-refractivity contribution in [2.75, 3.05) is 45.3 Å². The van der Waals surface area contributed by atoms with Gasteiger partial charge in [-0.25, -0.2) is 13.8 Å². The van der Waals surface area contributed by atoms with E-state index in [-0.39, 0.29) is 0 Å². The van der Waals surface area contributed by atoms with Crippen LogP contribution in [0.5, 0.6) is 11.5 Å². The molecule has 0 N–H and O–H groups in total. The van der Waals surface area contributed by atoms with Crippen LogP contribution in [-0.4, -0.2) is 56.2 Å². The average Bonchev–Trinajstić information content (AvgIpc) is 3.18. The number of amides is 1. The highest BCUT2D eigenvalue weighted by atomic mass is 32.1. The molecule has 1 aliphatic heterocycles. The minimum atomic E-state index is -0.845.